The maximum atomic E-state index is 11.2. The van der Waals surface area contributed by atoms with Crippen molar-refractivity contribution in [1.29, 1.82) is 0 Å². The van der Waals surface area contributed by atoms with Gasteiger partial charge >= 0.3 is 0 Å². The average Bonchev–Trinajstić information content (AvgIpc) is 2.67. The molecule has 0 aromatic carbocycles. The SMILES string of the molecule is O=C1CCCC(SCC2CCCO2)C1. The molecule has 2 aliphatic rings. The lowest BCUT2D eigenvalue weighted by molar-refractivity contribution is -0.120. The van der Waals surface area contributed by atoms with E-state index in [1.165, 1.54) is 19.3 Å². The third-order valence-corrected chi connectivity index (χ3v) is 4.42. The van der Waals surface area contributed by atoms with E-state index in [4.69, 9.17) is 4.74 Å². The molecular formula is C11H18O2S. The molecular weight excluding hydrogens is 196 g/mol. The summed E-state index contributed by atoms with van der Waals surface area (Å²) in [6, 6.07) is 0. The van der Waals surface area contributed by atoms with E-state index in [9.17, 15) is 4.79 Å². The van der Waals surface area contributed by atoms with E-state index in [0.29, 0.717) is 17.1 Å². The van der Waals surface area contributed by atoms with Gasteiger partial charge in [0.25, 0.3) is 0 Å². The molecule has 1 saturated carbocycles. The van der Waals surface area contributed by atoms with Gasteiger partial charge in [-0.05, 0) is 25.7 Å². The van der Waals surface area contributed by atoms with Crippen LogP contribution in [0.5, 0.6) is 0 Å². The summed E-state index contributed by atoms with van der Waals surface area (Å²) in [7, 11) is 0. The van der Waals surface area contributed by atoms with Gasteiger partial charge in [0, 0.05) is 30.5 Å². The van der Waals surface area contributed by atoms with Crippen LogP contribution in [0, 0.1) is 0 Å². The fourth-order valence-corrected chi connectivity index (χ4v) is 3.53. The Labute approximate surface area is 89.8 Å². The van der Waals surface area contributed by atoms with Gasteiger partial charge in [0.15, 0.2) is 0 Å². The molecule has 2 atom stereocenters. The summed E-state index contributed by atoms with van der Waals surface area (Å²) in [6.45, 7) is 0.939. The van der Waals surface area contributed by atoms with Crippen LogP contribution < -0.4 is 0 Å². The summed E-state index contributed by atoms with van der Waals surface area (Å²) in [5.41, 5.74) is 0. The molecule has 0 bridgehead atoms. The Kier molecular flexibility index (Phi) is 3.88. The summed E-state index contributed by atoms with van der Waals surface area (Å²) in [4.78, 5) is 11.2. The van der Waals surface area contributed by atoms with Gasteiger partial charge in [0.1, 0.15) is 5.78 Å². The predicted molar refractivity (Wildman–Crippen MR) is 58.7 cm³/mol. The maximum Gasteiger partial charge on any atom is 0.134 e. The van der Waals surface area contributed by atoms with Crippen LogP contribution >= 0.6 is 11.8 Å². The molecule has 1 aliphatic carbocycles. The van der Waals surface area contributed by atoms with Gasteiger partial charge in [-0.2, -0.15) is 11.8 Å². The minimum atomic E-state index is 0.459. The van der Waals surface area contributed by atoms with Gasteiger partial charge in [-0.15, -0.1) is 0 Å². The minimum Gasteiger partial charge on any atom is -0.377 e. The first-order valence-corrected chi connectivity index (χ1v) is 6.64. The zero-order valence-electron chi connectivity index (χ0n) is 8.54. The van der Waals surface area contributed by atoms with Crippen molar-refractivity contribution in [3.8, 4) is 0 Å². The number of ether oxygens (including phenoxy) is 1. The monoisotopic (exact) mass is 214 g/mol. The molecule has 14 heavy (non-hydrogen) atoms. The van der Waals surface area contributed by atoms with Gasteiger partial charge < -0.3 is 4.74 Å². The first kappa shape index (κ1) is 10.5. The second-order valence-electron chi connectivity index (χ2n) is 4.23. The molecule has 1 saturated heterocycles. The Morgan fingerprint density at radius 1 is 1.36 bits per heavy atom. The summed E-state index contributed by atoms with van der Waals surface area (Å²) in [5, 5.41) is 0.584. The van der Waals surface area contributed by atoms with Crippen molar-refractivity contribution >= 4 is 17.5 Å². The van der Waals surface area contributed by atoms with E-state index in [1.54, 1.807) is 0 Å². The number of carbonyl (C=O) groups excluding carboxylic acids is 1. The van der Waals surface area contributed by atoms with E-state index < -0.39 is 0 Å². The number of rotatable bonds is 3. The first-order chi connectivity index (χ1) is 6.84. The standard InChI is InChI=1S/C11H18O2S/c12-9-3-1-5-11(7-9)14-8-10-4-2-6-13-10/h10-11H,1-8H2. The minimum absolute atomic E-state index is 0.459. The van der Waals surface area contributed by atoms with Gasteiger partial charge in [-0.1, -0.05) is 0 Å². The molecule has 0 spiro atoms. The van der Waals surface area contributed by atoms with Crippen molar-refractivity contribution in [2.45, 2.75) is 49.9 Å². The Morgan fingerprint density at radius 2 is 2.29 bits per heavy atom. The van der Waals surface area contributed by atoms with E-state index >= 15 is 0 Å². The van der Waals surface area contributed by atoms with E-state index in [-0.39, 0.29) is 0 Å². The topological polar surface area (TPSA) is 26.3 Å². The van der Waals surface area contributed by atoms with Crippen molar-refractivity contribution < 1.29 is 9.53 Å². The second-order valence-corrected chi connectivity index (χ2v) is 5.56. The van der Waals surface area contributed by atoms with Crippen LogP contribution in [-0.2, 0) is 9.53 Å². The number of thioether (sulfide) groups is 1. The van der Waals surface area contributed by atoms with Crippen LogP contribution in [0.1, 0.15) is 38.5 Å². The van der Waals surface area contributed by atoms with E-state index in [1.807, 2.05) is 11.8 Å². The highest BCUT2D eigenvalue weighted by Gasteiger charge is 2.22. The fraction of sp³-hybridized carbons (Fsp3) is 0.909. The Morgan fingerprint density at radius 3 is 3.00 bits per heavy atom. The number of hydrogen-bond donors (Lipinski definition) is 0. The molecule has 0 aromatic heterocycles. The van der Waals surface area contributed by atoms with Crippen molar-refractivity contribution in [2.75, 3.05) is 12.4 Å². The van der Waals surface area contributed by atoms with Crippen molar-refractivity contribution in [3.63, 3.8) is 0 Å². The van der Waals surface area contributed by atoms with Crippen molar-refractivity contribution in [1.82, 2.24) is 0 Å². The average molecular weight is 214 g/mol. The van der Waals surface area contributed by atoms with Gasteiger partial charge in [0.2, 0.25) is 0 Å². The summed E-state index contributed by atoms with van der Waals surface area (Å²) >= 11 is 1.95. The molecule has 0 amide bonds. The normalized spacial score (nSPS) is 33.6. The molecule has 1 aliphatic heterocycles. The van der Waals surface area contributed by atoms with Crippen LogP contribution in [0.15, 0.2) is 0 Å². The van der Waals surface area contributed by atoms with Gasteiger partial charge in [-0.25, -0.2) is 0 Å². The second kappa shape index (κ2) is 5.17. The molecule has 0 N–H and O–H groups in total. The number of ketones is 1. The van der Waals surface area contributed by atoms with Crippen molar-refractivity contribution in [3.05, 3.63) is 0 Å². The zero-order chi connectivity index (χ0) is 9.80. The molecule has 0 aromatic rings. The summed E-state index contributed by atoms with van der Waals surface area (Å²) < 4.78 is 5.57. The van der Waals surface area contributed by atoms with E-state index in [0.717, 1.165) is 31.6 Å². The number of carbonyl (C=O) groups is 1. The first-order valence-electron chi connectivity index (χ1n) is 5.59. The maximum absolute atomic E-state index is 11.2. The van der Waals surface area contributed by atoms with Gasteiger partial charge in [0.05, 0.1) is 6.10 Å². The van der Waals surface area contributed by atoms with Crippen molar-refractivity contribution in [2.24, 2.45) is 0 Å². The molecule has 2 rings (SSSR count). The molecule has 0 radical (unpaired) electrons. The Hall–Kier alpha value is -0.0200. The Bertz CT molecular complexity index is 199. The third kappa shape index (κ3) is 2.99. The van der Waals surface area contributed by atoms with E-state index in [2.05, 4.69) is 0 Å². The summed E-state index contributed by atoms with van der Waals surface area (Å²) in [5.74, 6) is 1.55. The molecule has 2 nitrogen and oxygen atoms in total. The number of hydrogen-bond acceptors (Lipinski definition) is 3. The predicted octanol–water partition coefficient (Wildman–Crippen LogP) is 2.41. The largest absolute Gasteiger partial charge is 0.377 e. The molecule has 3 heteroatoms. The zero-order valence-corrected chi connectivity index (χ0v) is 9.35. The van der Waals surface area contributed by atoms with Crippen LogP contribution in [0.3, 0.4) is 0 Å². The van der Waals surface area contributed by atoms with Crippen LogP contribution in [0.2, 0.25) is 0 Å². The fourth-order valence-electron chi connectivity index (χ4n) is 2.15. The van der Waals surface area contributed by atoms with Gasteiger partial charge in [-0.3, -0.25) is 4.79 Å². The lowest BCUT2D eigenvalue weighted by atomic mass is 9.99. The molecule has 1 heterocycles. The van der Waals surface area contributed by atoms with Crippen LogP contribution in [0.25, 0.3) is 0 Å². The summed E-state index contributed by atoms with van der Waals surface area (Å²) in [6.07, 6.45) is 6.85. The number of Topliss-reactive ketones (excluding diaryl/α,β-unsaturated/α-hetero) is 1. The molecule has 2 fully saturated rings. The Balaban J connectivity index is 1.66. The lowest BCUT2D eigenvalue weighted by Crippen LogP contribution is -2.19. The smallest absolute Gasteiger partial charge is 0.134 e. The quantitative estimate of drug-likeness (QED) is 0.721. The van der Waals surface area contributed by atoms with Crippen LogP contribution in [0.4, 0.5) is 0 Å². The molecule has 80 valence electrons. The van der Waals surface area contributed by atoms with Crippen LogP contribution in [-0.4, -0.2) is 29.5 Å². The highest BCUT2D eigenvalue weighted by Crippen LogP contribution is 2.28. The highest BCUT2D eigenvalue weighted by molar-refractivity contribution is 7.99. The highest BCUT2D eigenvalue weighted by atomic mass is 32.2. The molecule has 2 unspecified atom stereocenters. The third-order valence-electron chi connectivity index (χ3n) is 2.98. The lowest BCUT2D eigenvalue weighted by Gasteiger charge is -2.21.